The zero-order chi connectivity index (χ0) is 43.2. The second-order valence-corrected chi connectivity index (χ2v) is 22.7. The molecule has 0 spiro atoms. The van der Waals surface area contributed by atoms with Crippen molar-refractivity contribution in [3.8, 4) is 5.75 Å². The van der Waals surface area contributed by atoms with Gasteiger partial charge in [0.05, 0.1) is 40.2 Å². The summed E-state index contributed by atoms with van der Waals surface area (Å²) in [6, 6.07) is 17.6. The van der Waals surface area contributed by atoms with Gasteiger partial charge in [0.2, 0.25) is 0 Å². The first-order chi connectivity index (χ1) is 27.0. The topological polar surface area (TPSA) is 181 Å². The van der Waals surface area contributed by atoms with Crippen LogP contribution < -0.4 is 9.46 Å². The molecule has 1 unspecified atom stereocenters. The minimum absolute atomic E-state index is 0.0379. The number of carbonyl (C=O) groups excluding carboxylic acids is 2. The van der Waals surface area contributed by atoms with Crippen LogP contribution in [0.5, 0.6) is 5.75 Å². The summed E-state index contributed by atoms with van der Waals surface area (Å²) in [5.41, 5.74) is -0.155. The molecular formula is C40H54ClN5O10SSi. The van der Waals surface area contributed by atoms with Crippen molar-refractivity contribution in [3.05, 3.63) is 87.1 Å². The van der Waals surface area contributed by atoms with Crippen molar-refractivity contribution in [2.75, 3.05) is 24.4 Å². The first-order valence-electron chi connectivity index (χ1n) is 19.1. The molecule has 0 radical (unpaired) electrons. The molecule has 4 aromatic rings. The molecule has 0 aliphatic heterocycles. The third-order valence-electron chi connectivity index (χ3n) is 9.33. The number of nitrogens with one attached hydrogen (secondary N) is 1. The minimum atomic E-state index is -4.28. The van der Waals surface area contributed by atoms with Crippen LogP contribution in [0.4, 0.5) is 21.0 Å². The Hall–Kier alpha value is -4.71. The molecule has 316 valence electrons. The molecular weight excluding hydrogens is 806 g/mol. The van der Waals surface area contributed by atoms with Gasteiger partial charge in [-0.15, -0.1) is 0 Å². The Morgan fingerprint density at radius 1 is 0.966 bits per heavy atom. The molecule has 58 heavy (non-hydrogen) atoms. The highest BCUT2D eigenvalue weighted by atomic mass is 35.5. The Morgan fingerprint density at radius 3 is 2.22 bits per heavy atom. The SMILES string of the molecule is CC[Si](CC)(CC)OC(CN(CCOc1ccc2c(C)nn(C(=O)OC(C)(C)C)c2c1)C(=O)OC(C)(C)C)c1cccc(NS(=O)(=O)c2ccc(Cl)c([N+](=O)[O-])c2)c1. The van der Waals surface area contributed by atoms with E-state index in [0.29, 0.717) is 22.5 Å². The number of nitro benzene ring substituents is 1. The number of fused-ring (bicyclic) bond motifs is 1. The number of hydrogen-bond donors (Lipinski definition) is 1. The second-order valence-electron chi connectivity index (χ2n) is 15.9. The molecule has 15 nitrogen and oxygen atoms in total. The lowest BCUT2D eigenvalue weighted by molar-refractivity contribution is -0.384. The molecule has 0 aliphatic carbocycles. The maximum absolute atomic E-state index is 13.9. The molecule has 0 saturated carbocycles. The maximum atomic E-state index is 13.9. The molecule has 1 atom stereocenters. The number of benzene rings is 3. The van der Waals surface area contributed by atoms with Gasteiger partial charge in [0.25, 0.3) is 15.7 Å². The van der Waals surface area contributed by atoms with Crippen LogP contribution in [0.1, 0.15) is 79.7 Å². The lowest BCUT2D eigenvalue weighted by Gasteiger charge is -2.36. The van der Waals surface area contributed by atoms with Crippen LogP contribution in [0, 0.1) is 17.0 Å². The number of rotatable bonds is 16. The Balaban J connectivity index is 1.66. The first-order valence-corrected chi connectivity index (χ1v) is 23.5. The standard InChI is InChI=1S/C40H54ClN5O10SSi/c1-11-58(12-2,13-3)56-36(28-15-14-16-29(23-28)43-57(51,52)31-18-20-33(41)35(25-31)46(49)50)26-44(37(47)54-39(5,6)7)21-22-53-30-17-19-32-27(4)42-45(34(32)24-30)38(48)55-40(8,9)10/h14-20,23-25,36,43H,11-13,21-22,26H2,1-10H3. The molecule has 0 aliphatic rings. The molecule has 18 heteroatoms. The molecule has 1 heterocycles. The fourth-order valence-corrected chi connectivity index (χ4v) is 10.2. The summed E-state index contributed by atoms with van der Waals surface area (Å²) in [4.78, 5) is 38.7. The number of amides is 1. The predicted molar refractivity (Wildman–Crippen MR) is 226 cm³/mol. The molecule has 4 rings (SSSR count). The van der Waals surface area contributed by atoms with Gasteiger partial charge in [0.15, 0.2) is 8.32 Å². The molecule has 1 amide bonds. The molecule has 0 saturated heterocycles. The zero-order valence-electron chi connectivity index (χ0n) is 34.8. The van der Waals surface area contributed by atoms with Crippen LogP contribution >= 0.6 is 11.6 Å². The van der Waals surface area contributed by atoms with Crippen molar-refractivity contribution in [1.82, 2.24) is 14.7 Å². The summed E-state index contributed by atoms with van der Waals surface area (Å²) >= 11 is 5.93. The monoisotopic (exact) mass is 859 g/mol. The third-order valence-corrected chi connectivity index (χ3v) is 15.7. The number of halogens is 1. The van der Waals surface area contributed by atoms with Crippen LogP contribution in [0.3, 0.4) is 0 Å². The number of nitrogens with zero attached hydrogens (tertiary/aromatic N) is 4. The Kier molecular flexibility index (Phi) is 14.6. The lowest BCUT2D eigenvalue weighted by Crippen LogP contribution is -2.45. The van der Waals surface area contributed by atoms with E-state index in [9.17, 15) is 28.1 Å². The van der Waals surface area contributed by atoms with E-state index < -0.39 is 58.4 Å². The third kappa shape index (κ3) is 11.9. The number of hydrogen-bond acceptors (Lipinski definition) is 11. The van der Waals surface area contributed by atoms with E-state index in [1.165, 1.54) is 15.6 Å². The van der Waals surface area contributed by atoms with Crippen LogP contribution in [0.2, 0.25) is 23.2 Å². The maximum Gasteiger partial charge on any atom is 0.435 e. The Labute approximate surface area is 346 Å². The van der Waals surface area contributed by atoms with E-state index in [-0.39, 0.29) is 35.3 Å². The lowest BCUT2D eigenvalue weighted by atomic mass is 10.1. The van der Waals surface area contributed by atoms with Crippen molar-refractivity contribution in [2.45, 2.75) is 110 Å². The normalized spacial score (nSPS) is 12.9. The summed E-state index contributed by atoms with van der Waals surface area (Å²) in [6.07, 6.45) is -1.93. The highest BCUT2D eigenvalue weighted by Gasteiger charge is 2.35. The summed E-state index contributed by atoms with van der Waals surface area (Å²) in [5, 5.41) is 16.4. The van der Waals surface area contributed by atoms with Crippen LogP contribution in [-0.4, -0.2) is 79.4 Å². The van der Waals surface area contributed by atoms with Crippen LogP contribution in [0.15, 0.2) is 65.6 Å². The second kappa shape index (κ2) is 18.5. The smallest absolute Gasteiger partial charge is 0.435 e. The number of aromatic nitrogens is 2. The van der Waals surface area contributed by atoms with Gasteiger partial charge in [-0.2, -0.15) is 9.78 Å². The predicted octanol–water partition coefficient (Wildman–Crippen LogP) is 9.87. The Bertz CT molecular complexity index is 2220. The summed E-state index contributed by atoms with van der Waals surface area (Å²) in [6.45, 7) is 18.8. The van der Waals surface area contributed by atoms with Gasteiger partial charge in [-0.25, -0.2) is 18.0 Å². The van der Waals surface area contributed by atoms with E-state index >= 15 is 0 Å². The fourth-order valence-electron chi connectivity index (χ4n) is 6.17. The van der Waals surface area contributed by atoms with Gasteiger partial charge in [0.1, 0.15) is 28.6 Å². The number of sulfonamides is 1. The Morgan fingerprint density at radius 2 is 1.62 bits per heavy atom. The molecule has 1 N–H and O–H groups in total. The number of carbonyl (C=O) groups is 2. The molecule has 0 bridgehead atoms. The number of nitro groups is 1. The average Bonchev–Trinajstić information content (AvgIpc) is 3.46. The van der Waals surface area contributed by atoms with Gasteiger partial charge < -0.3 is 23.5 Å². The van der Waals surface area contributed by atoms with Crippen molar-refractivity contribution in [2.24, 2.45) is 0 Å². The summed E-state index contributed by atoms with van der Waals surface area (Å²) < 4.78 is 55.2. The van der Waals surface area contributed by atoms with Crippen molar-refractivity contribution >= 4 is 64.4 Å². The average molecular weight is 861 g/mol. The van der Waals surface area contributed by atoms with E-state index in [1.807, 2.05) is 6.07 Å². The highest BCUT2D eigenvalue weighted by Crippen LogP contribution is 2.34. The largest absolute Gasteiger partial charge is 0.492 e. The first kappa shape index (κ1) is 46.0. The number of ether oxygens (including phenoxy) is 3. The van der Waals surface area contributed by atoms with Gasteiger partial charge in [0, 0.05) is 23.2 Å². The van der Waals surface area contributed by atoms with Gasteiger partial charge >= 0.3 is 12.2 Å². The quantitative estimate of drug-likeness (QED) is 0.0643. The minimum Gasteiger partial charge on any atom is -0.492 e. The van der Waals surface area contributed by atoms with Crippen LogP contribution in [-0.2, 0) is 23.9 Å². The molecule has 3 aromatic carbocycles. The highest BCUT2D eigenvalue weighted by molar-refractivity contribution is 7.92. The zero-order valence-corrected chi connectivity index (χ0v) is 37.3. The molecule has 1 aromatic heterocycles. The van der Waals surface area contributed by atoms with Gasteiger partial charge in [-0.3, -0.25) is 14.8 Å². The van der Waals surface area contributed by atoms with E-state index in [1.54, 1.807) is 84.9 Å². The fraction of sp³-hybridized carbons (Fsp3) is 0.475. The molecule has 0 fully saturated rings. The number of anilines is 1. The van der Waals surface area contributed by atoms with Gasteiger partial charge in [-0.1, -0.05) is 44.5 Å². The van der Waals surface area contributed by atoms with Crippen molar-refractivity contribution in [1.29, 1.82) is 0 Å². The van der Waals surface area contributed by atoms with E-state index in [4.69, 9.17) is 30.2 Å². The van der Waals surface area contributed by atoms with E-state index in [2.05, 4.69) is 30.6 Å². The van der Waals surface area contributed by atoms with Crippen molar-refractivity contribution in [3.63, 3.8) is 0 Å². The number of aryl methyl sites for hydroxylation is 1. The van der Waals surface area contributed by atoms with Crippen LogP contribution in [0.25, 0.3) is 10.9 Å². The van der Waals surface area contributed by atoms with Gasteiger partial charge in [-0.05, 0) is 109 Å². The van der Waals surface area contributed by atoms with Crippen molar-refractivity contribution < 1.29 is 41.6 Å². The summed E-state index contributed by atoms with van der Waals surface area (Å²) in [5.74, 6) is 0.439. The van der Waals surface area contributed by atoms with E-state index in [0.717, 1.165) is 35.7 Å². The summed E-state index contributed by atoms with van der Waals surface area (Å²) in [7, 11) is -6.64.